The van der Waals surface area contributed by atoms with E-state index < -0.39 is 17.6 Å². The Hall–Kier alpha value is -3.47. The van der Waals surface area contributed by atoms with E-state index in [-0.39, 0.29) is 11.6 Å². The number of hydrogen-bond donors (Lipinski definition) is 1. The third-order valence-electron chi connectivity index (χ3n) is 5.44. The van der Waals surface area contributed by atoms with E-state index in [4.69, 9.17) is 20.8 Å². The van der Waals surface area contributed by atoms with Crippen molar-refractivity contribution in [2.24, 2.45) is 5.10 Å². The normalized spacial score (nSPS) is 12.4. The molecule has 1 N–H and O–H groups in total. The average Bonchev–Trinajstić information content (AvgIpc) is 3.28. The van der Waals surface area contributed by atoms with Crippen molar-refractivity contribution in [1.29, 1.82) is 0 Å². The summed E-state index contributed by atoms with van der Waals surface area (Å²) in [6, 6.07) is 17.4. The van der Waals surface area contributed by atoms with Crippen LogP contribution in [0.5, 0.6) is 5.75 Å². The number of carboxylic acids is 1. The van der Waals surface area contributed by atoms with E-state index in [0.717, 1.165) is 14.5 Å². The summed E-state index contributed by atoms with van der Waals surface area (Å²) in [6.07, 6.45) is 0.223. The highest BCUT2D eigenvalue weighted by molar-refractivity contribution is 9.10. The van der Waals surface area contributed by atoms with Gasteiger partial charge in [0.15, 0.2) is 11.9 Å². The molecule has 186 valence electrons. The third kappa shape index (κ3) is 5.04. The van der Waals surface area contributed by atoms with Crippen LogP contribution < -0.4 is 10.3 Å². The smallest absolute Gasteiger partial charge is 0.344 e. The molecule has 0 aliphatic carbocycles. The summed E-state index contributed by atoms with van der Waals surface area (Å²) < 4.78 is 14.1. The summed E-state index contributed by atoms with van der Waals surface area (Å²) in [7, 11) is 0. The summed E-state index contributed by atoms with van der Waals surface area (Å²) >= 11 is 13.0. The summed E-state index contributed by atoms with van der Waals surface area (Å²) in [5.41, 5.74) is 1.04. The maximum atomic E-state index is 13.5. The van der Waals surface area contributed by atoms with Crippen LogP contribution >= 0.6 is 43.5 Å². The number of halogens is 3. The molecule has 0 unspecified atom stereocenters. The van der Waals surface area contributed by atoms with E-state index in [9.17, 15) is 14.7 Å². The lowest BCUT2D eigenvalue weighted by molar-refractivity contribution is -0.144. The molecule has 0 bridgehead atoms. The van der Waals surface area contributed by atoms with Crippen LogP contribution in [0, 0.1) is 0 Å². The van der Waals surface area contributed by atoms with Crippen molar-refractivity contribution in [1.82, 2.24) is 9.66 Å². The molecule has 37 heavy (non-hydrogen) atoms. The van der Waals surface area contributed by atoms with E-state index in [1.54, 1.807) is 42.5 Å². The van der Waals surface area contributed by atoms with Gasteiger partial charge in [0, 0.05) is 20.4 Å². The summed E-state index contributed by atoms with van der Waals surface area (Å²) in [5.74, 6) is -0.399. The average molecular weight is 646 g/mol. The molecule has 1 atom stereocenters. The van der Waals surface area contributed by atoms with Gasteiger partial charge in [0.25, 0.3) is 5.56 Å². The van der Waals surface area contributed by atoms with Gasteiger partial charge in [-0.2, -0.15) is 9.78 Å². The number of furan rings is 1. The largest absolute Gasteiger partial charge is 0.479 e. The van der Waals surface area contributed by atoms with Crippen molar-refractivity contribution in [2.45, 2.75) is 13.0 Å². The number of aliphatic carboxylic acids is 1. The Morgan fingerprint density at radius 3 is 2.76 bits per heavy atom. The highest BCUT2D eigenvalue weighted by Gasteiger charge is 2.19. The predicted molar refractivity (Wildman–Crippen MR) is 149 cm³/mol. The fourth-order valence-electron chi connectivity index (χ4n) is 3.66. The molecule has 0 saturated heterocycles. The third-order valence-corrected chi connectivity index (χ3v) is 6.74. The zero-order chi connectivity index (χ0) is 26.3. The minimum atomic E-state index is -1.14. The van der Waals surface area contributed by atoms with Crippen LogP contribution in [0.2, 0.25) is 5.02 Å². The van der Waals surface area contributed by atoms with Gasteiger partial charge in [0.05, 0.1) is 21.6 Å². The molecule has 0 spiro atoms. The zero-order valence-electron chi connectivity index (χ0n) is 19.0. The Morgan fingerprint density at radius 2 is 1.97 bits per heavy atom. The number of nitrogens with zero attached hydrogens (tertiary/aromatic N) is 3. The maximum absolute atomic E-state index is 13.5. The van der Waals surface area contributed by atoms with Crippen LogP contribution in [0.4, 0.5) is 0 Å². The molecule has 0 radical (unpaired) electrons. The van der Waals surface area contributed by atoms with Crippen molar-refractivity contribution >= 4 is 77.5 Å². The second kappa shape index (κ2) is 10.1. The molecule has 8 nitrogen and oxygen atoms in total. The van der Waals surface area contributed by atoms with E-state index in [1.165, 1.54) is 13.1 Å². The van der Waals surface area contributed by atoms with Crippen molar-refractivity contribution in [3.8, 4) is 17.3 Å². The van der Waals surface area contributed by atoms with Crippen molar-refractivity contribution < 1.29 is 19.1 Å². The van der Waals surface area contributed by atoms with E-state index in [2.05, 4.69) is 41.9 Å². The second-order valence-electron chi connectivity index (χ2n) is 8.01. The number of rotatable bonds is 6. The minimum absolute atomic E-state index is 0.190. The molecule has 5 rings (SSSR count). The molecule has 0 amide bonds. The van der Waals surface area contributed by atoms with Crippen molar-refractivity contribution in [3.63, 3.8) is 0 Å². The van der Waals surface area contributed by atoms with Crippen LogP contribution in [0.15, 0.2) is 83.9 Å². The first kappa shape index (κ1) is 25.2. The molecule has 0 saturated carbocycles. The van der Waals surface area contributed by atoms with Crippen LogP contribution in [0.3, 0.4) is 0 Å². The van der Waals surface area contributed by atoms with Gasteiger partial charge in [0.1, 0.15) is 11.3 Å². The molecule has 3 aromatic carbocycles. The fraction of sp³-hybridized carbons (Fsp3) is 0.0769. The van der Waals surface area contributed by atoms with Gasteiger partial charge in [-0.15, -0.1) is 0 Å². The Kier molecular flexibility index (Phi) is 6.89. The van der Waals surface area contributed by atoms with E-state index in [0.29, 0.717) is 37.3 Å². The Labute approximate surface area is 231 Å². The van der Waals surface area contributed by atoms with Gasteiger partial charge >= 0.3 is 5.97 Å². The monoisotopic (exact) mass is 643 g/mol. The van der Waals surface area contributed by atoms with E-state index >= 15 is 0 Å². The van der Waals surface area contributed by atoms with Gasteiger partial charge in [0.2, 0.25) is 5.82 Å². The first-order valence-corrected chi connectivity index (χ1v) is 12.8. The Bertz CT molecular complexity index is 1780. The van der Waals surface area contributed by atoms with Gasteiger partial charge in [-0.05, 0) is 71.4 Å². The first-order chi connectivity index (χ1) is 17.7. The number of carbonyl (C=O) groups is 1. The van der Waals surface area contributed by atoms with Crippen LogP contribution in [-0.4, -0.2) is 33.1 Å². The second-order valence-corrected chi connectivity index (χ2v) is 10.2. The van der Waals surface area contributed by atoms with Gasteiger partial charge < -0.3 is 14.3 Å². The lowest BCUT2D eigenvalue weighted by Crippen LogP contribution is -2.24. The zero-order valence-corrected chi connectivity index (χ0v) is 22.9. The number of aromatic nitrogens is 2. The molecular formula is C26H16Br2ClN3O5. The summed E-state index contributed by atoms with van der Waals surface area (Å²) in [6.45, 7) is 1.40. The van der Waals surface area contributed by atoms with Gasteiger partial charge in [-0.1, -0.05) is 39.7 Å². The molecule has 0 aliphatic rings. The lowest BCUT2D eigenvalue weighted by atomic mass is 10.2. The number of carboxylic acid groups (broad SMARTS) is 1. The Morgan fingerprint density at radius 1 is 1.19 bits per heavy atom. The summed E-state index contributed by atoms with van der Waals surface area (Å²) in [5, 5.41) is 15.3. The number of ether oxygens (including phenoxy) is 1. The molecule has 5 aromatic rings. The van der Waals surface area contributed by atoms with Crippen molar-refractivity contribution in [3.05, 3.63) is 90.5 Å². The first-order valence-electron chi connectivity index (χ1n) is 10.9. The SMILES string of the molecule is C[C@H](Oc1c(Br)cc(Cl)cc1C=Nn1c(-c2cc3cc(Br)ccc3o2)nc2ccccc2c1=O)C(=O)O. The van der Waals surface area contributed by atoms with Crippen molar-refractivity contribution in [2.75, 3.05) is 0 Å². The number of para-hydroxylation sites is 1. The number of hydrogen-bond acceptors (Lipinski definition) is 6. The molecular weight excluding hydrogens is 630 g/mol. The fourth-order valence-corrected chi connectivity index (χ4v) is 4.97. The quantitative estimate of drug-likeness (QED) is 0.206. The standard InChI is InChI=1S/C26H16Br2ClN3O5/c1-13(26(34)35)36-23-15(9-17(29)11-19(23)28)12-30-32-24(31-20-5-3-2-4-18(20)25(32)33)22-10-14-8-16(27)6-7-21(14)37-22/h2-13H,1H3,(H,34,35)/t13-/m0/s1. The highest BCUT2D eigenvalue weighted by Crippen LogP contribution is 2.33. The number of benzene rings is 3. The highest BCUT2D eigenvalue weighted by atomic mass is 79.9. The van der Waals surface area contributed by atoms with E-state index in [1.807, 2.05) is 18.2 Å². The van der Waals surface area contributed by atoms with Gasteiger partial charge in [-0.25, -0.2) is 9.78 Å². The van der Waals surface area contributed by atoms with Crippen LogP contribution in [0.25, 0.3) is 33.5 Å². The molecule has 2 heterocycles. The van der Waals surface area contributed by atoms with Crippen LogP contribution in [0.1, 0.15) is 12.5 Å². The number of fused-ring (bicyclic) bond motifs is 2. The maximum Gasteiger partial charge on any atom is 0.344 e. The topological polar surface area (TPSA) is 107 Å². The minimum Gasteiger partial charge on any atom is -0.479 e. The molecule has 11 heteroatoms. The lowest BCUT2D eigenvalue weighted by Gasteiger charge is -2.15. The molecule has 0 fully saturated rings. The predicted octanol–water partition coefficient (Wildman–Crippen LogP) is 6.72. The Balaban J connectivity index is 1.70. The van der Waals surface area contributed by atoms with Crippen LogP contribution in [-0.2, 0) is 4.79 Å². The summed E-state index contributed by atoms with van der Waals surface area (Å²) in [4.78, 5) is 29.6. The van der Waals surface area contributed by atoms with Gasteiger partial charge in [-0.3, -0.25) is 4.79 Å². The molecule has 0 aliphatic heterocycles. The molecule has 2 aromatic heterocycles.